The van der Waals surface area contributed by atoms with Crippen LogP contribution in [0.5, 0.6) is 0 Å². The molecule has 3 N–H and O–H groups in total. The van der Waals surface area contributed by atoms with Gasteiger partial charge in [0, 0.05) is 57.8 Å². The van der Waals surface area contributed by atoms with Crippen molar-refractivity contribution >= 4 is 34.3 Å². The smallest absolute Gasteiger partial charge is 0.255 e. The Bertz CT molecular complexity index is 1170. The lowest BCUT2D eigenvalue weighted by Crippen LogP contribution is -2.11. The van der Waals surface area contributed by atoms with Gasteiger partial charge in [0.25, 0.3) is 5.91 Å². The Morgan fingerprint density at radius 1 is 0.677 bits per heavy atom. The van der Waals surface area contributed by atoms with E-state index >= 15 is 0 Å². The lowest BCUT2D eigenvalue weighted by Gasteiger charge is -2.11. The molecule has 0 radical (unpaired) electrons. The molecule has 0 atom stereocenters. The van der Waals surface area contributed by atoms with Crippen LogP contribution in [0.1, 0.15) is 21.7 Å². The third-order valence-corrected chi connectivity index (χ3v) is 4.61. The summed E-state index contributed by atoms with van der Waals surface area (Å²) >= 11 is 0. The number of rotatable bonds is 6. The van der Waals surface area contributed by atoms with Crippen LogP contribution in [0.15, 0.2) is 85.2 Å². The van der Waals surface area contributed by atoms with Crippen molar-refractivity contribution in [1.82, 2.24) is 9.97 Å². The van der Waals surface area contributed by atoms with Gasteiger partial charge in [-0.2, -0.15) is 0 Å². The number of benzene rings is 2. The molecule has 0 saturated heterocycles. The molecule has 2 aromatic carbocycles. The van der Waals surface area contributed by atoms with E-state index < -0.39 is 0 Å². The van der Waals surface area contributed by atoms with Crippen molar-refractivity contribution in [2.45, 2.75) is 13.8 Å². The van der Waals surface area contributed by atoms with Crippen molar-refractivity contribution in [3.63, 3.8) is 0 Å². The molecule has 0 unspecified atom stereocenters. The lowest BCUT2D eigenvalue weighted by atomic mass is 10.1. The summed E-state index contributed by atoms with van der Waals surface area (Å²) in [6.45, 7) is 3.93. The second-order valence-corrected chi connectivity index (χ2v) is 7.24. The summed E-state index contributed by atoms with van der Waals surface area (Å²) in [5.74, 6) is -0.164. The maximum Gasteiger partial charge on any atom is 0.255 e. The zero-order valence-corrected chi connectivity index (χ0v) is 17.4. The molecule has 0 bridgehead atoms. The van der Waals surface area contributed by atoms with Gasteiger partial charge < -0.3 is 16.0 Å². The molecule has 31 heavy (non-hydrogen) atoms. The lowest BCUT2D eigenvalue weighted by molar-refractivity contribution is 0.102. The average Bonchev–Trinajstić information content (AvgIpc) is 2.74. The topological polar surface area (TPSA) is 78.9 Å². The van der Waals surface area contributed by atoms with Gasteiger partial charge in [0.15, 0.2) is 0 Å². The van der Waals surface area contributed by atoms with Gasteiger partial charge in [0.2, 0.25) is 0 Å². The normalized spacial score (nSPS) is 10.4. The molecular formula is C25H23N5O. The Morgan fingerprint density at radius 3 is 2.00 bits per heavy atom. The van der Waals surface area contributed by atoms with Crippen molar-refractivity contribution < 1.29 is 4.79 Å². The number of aromatic nitrogens is 2. The number of pyridine rings is 2. The zero-order chi connectivity index (χ0) is 21.6. The number of hydrogen-bond donors (Lipinski definition) is 3. The van der Waals surface area contributed by atoms with Gasteiger partial charge in [0.1, 0.15) is 0 Å². The number of nitrogens with one attached hydrogen (secondary N) is 3. The van der Waals surface area contributed by atoms with Gasteiger partial charge in [-0.3, -0.25) is 14.8 Å². The molecule has 2 aromatic heterocycles. The van der Waals surface area contributed by atoms with Crippen LogP contribution < -0.4 is 16.0 Å². The number of carbonyl (C=O) groups excluding carboxylic acids is 1. The summed E-state index contributed by atoms with van der Waals surface area (Å²) in [4.78, 5) is 21.1. The molecule has 2 heterocycles. The van der Waals surface area contributed by atoms with Crippen molar-refractivity contribution in [3.05, 3.63) is 102 Å². The van der Waals surface area contributed by atoms with E-state index in [-0.39, 0.29) is 5.91 Å². The summed E-state index contributed by atoms with van der Waals surface area (Å²) in [5.41, 5.74) is 6.90. The fraction of sp³-hybridized carbons (Fsp3) is 0.0800. The number of aryl methyl sites for hydroxylation is 2. The van der Waals surface area contributed by atoms with Gasteiger partial charge >= 0.3 is 0 Å². The summed E-state index contributed by atoms with van der Waals surface area (Å²) in [5, 5.41) is 9.60. The number of carbonyl (C=O) groups is 1. The number of anilines is 5. The van der Waals surface area contributed by atoms with Gasteiger partial charge in [-0.25, -0.2) is 0 Å². The van der Waals surface area contributed by atoms with E-state index in [4.69, 9.17) is 0 Å². The second kappa shape index (κ2) is 9.09. The Kier molecular flexibility index (Phi) is 5.89. The third-order valence-electron chi connectivity index (χ3n) is 4.61. The number of hydrogen-bond acceptors (Lipinski definition) is 5. The Hall–Kier alpha value is -4.19. The average molecular weight is 409 g/mol. The maximum absolute atomic E-state index is 12.7. The molecule has 4 rings (SSSR count). The van der Waals surface area contributed by atoms with Gasteiger partial charge in [-0.05, 0) is 80.6 Å². The highest BCUT2D eigenvalue weighted by Crippen LogP contribution is 2.22. The first-order chi connectivity index (χ1) is 15.0. The molecule has 6 nitrogen and oxygen atoms in total. The molecular weight excluding hydrogens is 386 g/mol. The van der Waals surface area contributed by atoms with E-state index in [0.717, 1.165) is 39.8 Å². The fourth-order valence-electron chi connectivity index (χ4n) is 3.26. The molecule has 154 valence electrons. The molecule has 0 spiro atoms. The van der Waals surface area contributed by atoms with Crippen molar-refractivity contribution in [2.24, 2.45) is 0 Å². The first-order valence-electron chi connectivity index (χ1n) is 9.96. The highest BCUT2D eigenvalue weighted by molar-refractivity contribution is 6.04. The summed E-state index contributed by atoms with van der Waals surface area (Å²) < 4.78 is 0. The molecule has 0 saturated carbocycles. The summed E-state index contributed by atoms with van der Waals surface area (Å²) in [7, 11) is 0. The van der Waals surface area contributed by atoms with Crippen LogP contribution in [0.4, 0.5) is 28.4 Å². The van der Waals surface area contributed by atoms with E-state index in [1.165, 1.54) is 0 Å². The minimum absolute atomic E-state index is 0.164. The summed E-state index contributed by atoms with van der Waals surface area (Å²) in [6.07, 6.45) is 3.45. The van der Waals surface area contributed by atoms with Crippen molar-refractivity contribution in [3.8, 4) is 0 Å². The molecule has 0 fully saturated rings. The standard InChI is InChI=1S/C25H23N5O/c1-17-14-24(15-18(2)27-17)29-22-4-3-5-23(16-22)30-25(31)19-6-8-20(9-7-19)28-21-10-12-26-13-11-21/h3-16H,1-2H3,(H,26,28)(H,27,29)(H,30,31). The molecule has 0 aliphatic carbocycles. The van der Waals surface area contributed by atoms with Crippen LogP contribution in [-0.4, -0.2) is 15.9 Å². The highest BCUT2D eigenvalue weighted by atomic mass is 16.1. The van der Waals surface area contributed by atoms with Gasteiger partial charge in [-0.15, -0.1) is 0 Å². The highest BCUT2D eigenvalue weighted by Gasteiger charge is 2.07. The van der Waals surface area contributed by atoms with E-state index in [0.29, 0.717) is 5.56 Å². The van der Waals surface area contributed by atoms with Crippen molar-refractivity contribution in [1.29, 1.82) is 0 Å². The predicted molar refractivity (Wildman–Crippen MR) is 125 cm³/mol. The number of amides is 1. The number of nitrogens with zero attached hydrogens (tertiary/aromatic N) is 2. The van der Waals surface area contributed by atoms with Crippen LogP contribution >= 0.6 is 0 Å². The largest absolute Gasteiger partial charge is 0.355 e. The SMILES string of the molecule is Cc1cc(Nc2cccc(NC(=O)c3ccc(Nc4ccncc4)cc3)c2)cc(C)n1. The van der Waals surface area contributed by atoms with Crippen LogP contribution in [0, 0.1) is 13.8 Å². The predicted octanol–water partition coefficient (Wildman–Crippen LogP) is 5.83. The molecule has 1 amide bonds. The van der Waals surface area contributed by atoms with E-state index in [1.54, 1.807) is 24.5 Å². The monoisotopic (exact) mass is 409 g/mol. The zero-order valence-electron chi connectivity index (χ0n) is 17.4. The van der Waals surface area contributed by atoms with Gasteiger partial charge in [0.05, 0.1) is 0 Å². The Balaban J connectivity index is 1.42. The van der Waals surface area contributed by atoms with E-state index in [9.17, 15) is 4.79 Å². The summed E-state index contributed by atoms with van der Waals surface area (Å²) in [6, 6.07) is 22.7. The third kappa shape index (κ3) is 5.45. The Morgan fingerprint density at radius 2 is 1.29 bits per heavy atom. The maximum atomic E-state index is 12.7. The second-order valence-electron chi connectivity index (χ2n) is 7.24. The van der Waals surface area contributed by atoms with Gasteiger partial charge in [-0.1, -0.05) is 6.07 Å². The molecule has 0 aliphatic rings. The first kappa shape index (κ1) is 20.1. The molecule has 6 heteroatoms. The van der Waals surface area contributed by atoms with Crippen LogP contribution in [0.2, 0.25) is 0 Å². The van der Waals surface area contributed by atoms with Crippen LogP contribution in [-0.2, 0) is 0 Å². The Labute approximate surface area is 181 Å². The quantitative estimate of drug-likeness (QED) is 0.373. The van der Waals surface area contributed by atoms with Crippen LogP contribution in [0.3, 0.4) is 0 Å². The fourth-order valence-corrected chi connectivity index (χ4v) is 3.26. The van der Waals surface area contributed by atoms with Crippen molar-refractivity contribution in [2.75, 3.05) is 16.0 Å². The molecule has 0 aliphatic heterocycles. The van der Waals surface area contributed by atoms with E-state index in [2.05, 4.69) is 25.9 Å². The minimum Gasteiger partial charge on any atom is -0.355 e. The van der Waals surface area contributed by atoms with E-state index in [1.807, 2.05) is 74.5 Å². The minimum atomic E-state index is -0.164. The van der Waals surface area contributed by atoms with Crippen LogP contribution in [0.25, 0.3) is 0 Å². The molecule has 4 aromatic rings. The first-order valence-corrected chi connectivity index (χ1v) is 9.96.